The molecule has 1 amide bonds. The Bertz CT molecular complexity index is 934. The highest BCUT2D eigenvalue weighted by Gasteiger charge is 2.27. The number of hydrogen-bond donors (Lipinski definition) is 1. The maximum absolute atomic E-state index is 12.2. The van der Waals surface area contributed by atoms with Crippen LogP contribution in [0.3, 0.4) is 0 Å². The fraction of sp³-hybridized carbons (Fsp3) is 0.211. The monoisotopic (exact) mass is 347 g/mol. The number of amides is 1. The van der Waals surface area contributed by atoms with Gasteiger partial charge in [0, 0.05) is 12.0 Å². The van der Waals surface area contributed by atoms with E-state index in [-0.39, 0.29) is 17.7 Å². The third-order valence-corrected chi connectivity index (χ3v) is 4.16. The summed E-state index contributed by atoms with van der Waals surface area (Å²) >= 11 is 0. The number of nitrogens with one attached hydrogen (secondary N) is 1. The summed E-state index contributed by atoms with van der Waals surface area (Å²) in [5.74, 6) is 0.911. The first-order valence-electron chi connectivity index (χ1n) is 8.43. The molecule has 2 aliphatic rings. The van der Waals surface area contributed by atoms with Crippen LogP contribution in [0.2, 0.25) is 0 Å². The molecular formula is C19H17N5O2. The van der Waals surface area contributed by atoms with E-state index in [9.17, 15) is 4.79 Å². The van der Waals surface area contributed by atoms with Crippen molar-refractivity contribution in [2.75, 3.05) is 11.9 Å². The van der Waals surface area contributed by atoms with E-state index < -0.39 is 0 Å². The van der Waals surface area contributed by atoms with Gasteiger partial charge in [0.05, 0.1) is 12.3 Å². The van der Waals surface area contributed by atoms with E-state index in [0.29, 0.717) is 35.9 Å². The zero-order chi connectivity index (χ0) is 17.9. The predicted octanol–water partition coefficient (Wildman–Crippen LogP) is 3.74. The number of azo groups is 1. The lowest BCUT2D eigenvalue weighted by molar-refractivity contribution is -0.110. The average Bonchev–Trinajstić information content (AvgIpc) is 3.25. The Hall–Kier alpha value is -3.35. The van der Waals surface area contributed by atoms with Crippen molar-refractivity contribution >= 4 is 23.1 Å². The molecule has 1 unspecified atom stereocenters. The Kier molecular flexibility index (Phi) is 4.27. The number of fused-ring (bicyclic) bond motifs is 1. The van der Waals surface area contributed by atoms with E-state index >= 15 is 0 Å². The van der Waals surface area contributed by atoms with E-state index in [4.69, 9.17) is 4.74 Å². The molecule has 2 aromatic carbocycles. The summed E-state index contributed by atoms with van der Waals surface area (Å²) in [4.78, 5) is 12.2. The van der Waals surface area contributed by atoms with Gasteiger partial charge in [0.15, 0.2) is 11.5 Å². The van der Waals surface area contributed by atoms with Crippen LogP contribution in [0.15, 0.2) is 69.0 Å². The van der Waals surface area contributed by atoms with Crippen molar-refractivity contribution in [3.05, 3.63) is 59.7 Å². The van der Waals surface area contributed by atoms with Gasteiger partial charge < -0.3 is 10.1 Å². The van der Waals surface area contributed by atoms with E-state index in [0.717, 1.165) is 5.56 Å². The standard InChI is InChI=1S/C19H17N5O2/c1-2-26-13-8-9-15-14(10-13)18(19(25)20-15)24-23-17-11-16(21-22-17)12-6-4-3-5-7-12/h3-10,16H,2,11H2,1H3,(H,20,24,25). The lowest BCUT2D eigenvalue weighted by Crippen LogP contribution is -2.14. The second-order valence-corrected chi connectivity index (χ2v) is 5.91. The maximum Gasteiger partial charge on any atom is 0.276 e. The van der Waals surface area contributed by atoms with Crippen LogP contribution in [0.25, 0.3) is 0 Å². The average molecular weight is 347 g/mol. The van der Waals surface area contributed by atoms with Gasteiger partial charge in [0.25, 0.3) is 5.91 Å². The number of amidine groups is 1. The number of nitrogens with zero attached hydrogens (tertiary/aromatic N) is 4. The minimum atomic E-state index is -0.285. The molecule has 1 N–H and O–H groups in total. The molecule has 130 valence electrons. The summed E-state index contributed by atoms with van der Waals surface area (Å²) in [6.07, 6.45) is 0.564. The van der Waals surface area contributed by atoms with Crippen molar-refractivity contribution in [3.63, 3.8) is 0 Å². The molecule has 7 nitrogen and oxygen atoms in total. The number of hydrogen-bond acceptors (Lipinski definition) is 5. The molecule has 26 heavy (non-hydrogen) atoms. The highest BCUT2D eigenvalue weighted by molar-refractivity contribution is 6.53. The highest BCUT2D eigenvalue weighted by Crippen LogP contribution is 2.29. The van der Waals surface area contributed by atoms with Crippen LogP contribution in [-0.4, -0.2) is 24.1 Å². The summed E-state index contributed by atoms with van der Waals surface area (Å²) in [5, 5.41) is 19.4. The van der Waals surface area contributed by atoms with E-state index in [2.05, 4.69) is 25.7 Å². The molecule has 0 radical (unpaired) electrons. The van der Waals surface area contributed by atoms with Crippen molar-refractivity contribution < 1.29 is 9.53 Å². The van der Waals surface area contributed by atoms with Gasteiger partial charge in [-0.3, -0.25) is 4.79 Å². The van der Waals surface area contributed by atoms with Gasteiger partial charge >= 0.3 is 0 Å². The predicted molar refractivity (Wildman–Crippen MR) is 98.9 cm³/mol. The number of ether oxygens (including phenoxy) is 1. The Balaban J connectivity index is 1.56. The van der Waals surface area contributed by atoms with Crippen molar-refractivity contribution in [2.24, 2.45) is 20.4 Å². The molecule has 0 aliphatic carbocycles. The minimum absolute atomic E-state index is 0.0515. The van der Waals surface area contributed by atoms with E-state index in [1.807, 2.05) is 43.3 Å². The minimum Gasteiger partial charge on any atom is -0.494 e. The first-order chi connectivity index (χ1) is 12.7. The number of rotatable bonds is 4. The van der Waals surface area contributed by atoms with Gasteiger partial charge in [-0.05, 0) is 30.7 Å². The highest BCUT2D eigenvalue weighted by atomic mass is 16.5. The Labute approximate surface area is 150 Å². The van der Waals surface area contributed by atoms with Crippen LogP contribution in [0.1, 0.15) is 30.5 Å². The molecule has 0 bridgehead atoms. The molecule has 2 aromatic rings. The molecule has 2 aliphatic heterocycles. The fourth-order valence-electron chi connectivity index (χ4n) is 2.91. The molecule has 0 saturated carbocycles. The van der Waals surface area contributed by atoms with Gasteiger partial charge in [0.2, 0.25) is 0 Å². The third kappa shape index (κ3) is 3.11. The first kappa shape index (κ1) is 16.1. The Morgan fingerprint density at radius 3 is 2.85 bits per heavy atom. The molecule has 1 atom stereocenters. The second kappa shape index (κ2) is 6.87. The summed E-state index contributed by atoms with van der Waals surface area (Å²) in [6, 6.07) is 15.3. The molecule has 4 rings (SSSR count). The van der Waals surface area contributed by atoms with Crippen LogP contribution in [0.5, 0.6) is 5.75 Å². The van der Waals surface area contributed by atoms with Crippen LogP contribution in [0, 0.1) is 0 Å². The van der Waals surface area contributed by atoms with Crippen molar-refractivity contribution in [1.29, 1.82) is 0 Å². The smallest absolute Gasteiger partial charge is 0.276 e. The van der Waals surface area contributed by atoms with Gasteiger partial charge in [0.1, 0.15) is 11.8 Å². The zero-order valence-corrected chi connectivity index (χ0v) is 14.2. The maximum atomic E-state index is 12.2. The molecule has 0 spiro atoms. The van der Waals surface area contributed by atoms with Crippen LogP contribution < -0.4 is 10.1 Å². The zero-order valence-electron chi connectivity index (χ0n) is 14.2. The molecular weight excluding hydrogens is 330 g/mol. The van der Waals surface area contributed by atoms with Crippen molar-refractivity contribution in [2.45, 2.75) is 19.4 Å². The van der Waals surface area contributed by atoms with Gasteiger partial charge in [-0.1, -0.05) is 30.3 Å². The molecule has 0 aromatic heterocycles. The Morgan fingerprint density at radius 2 is 2.04 bits per heavy atom. The summed E-state index contributed by atoms with van der Waals surface area (Å²) in [6.45, 7) is 2.46. The van der Waals surface area contributed by atoms with Gasteiger partial charge in [-0.15, -0.1) is 15.3 Å². The topological polar surface area (TPSA) is 87.8 Å². The molecule has 2 heterocycles. The molecule has 7 heteroatoms. The van der Waals surface area contributed by atoms with E-state index in [1.165, 1.54) is 0 Å². The SMILES string of the molecule is CCOc1ccc2c(c1)/C(=N\N=C1CC(c3ccccc3)N=N1)C(=O)N2. The van der Waals surface area contributed by atoms with Gasteiger partial charge in [-0.2, -0.15) is 5.11 Å². The fourth-order valence-corrected chi connectivity index (χ4v) is 2.91. The van der Waals surface area contributed by atoms with Crippen molar-refractivity contribution in [1.82, 2.24) is 0 Å². The summed E-state index contributed by atoms with van der Waals surface area (Å²) < 4.78 is 5.49. The lowest BCUT2D eigenvalue weighted by Gasteiger charge is -2.04. The van der Waals surface area contributed by atoms with Crippen LogP contribution in [0.4, 0.5) is 5.69 Å². The number of anilines is 1. The van der Waals surface area contributed by atoms with Gasteiger partial charge in [-0.25, -0.2) is 0 Å². The Morgan fingerprint density at radius 1 is 1.19 bits per heavy atom. The largest absolute Gasteiger partial charge is 0.494 e. The number of carbonyl (C=O) groups is 1. The first-order valence-corrected chi connectivity index (χ1v) is 8.43. The summed E-state index contributed by atoms with van der Waals surface area (Å²) in [5.41, 5.74) is 2.72. The normalized spacial score (nSPS) is 21.3. The summed E-state index contributed by atoms with van der Waals surface area (Å²) in [7, 11) is 0. The van der Waals surface area contributed by atoms with E-state index in [1.54, 1.807) is 12.1 Å². The molecule has 0 fully saturated rings. The quantitative estimate of drug-likeness (QED) is 0.854. The van der Waals surface area contributed by atoms with Crippen molar-refractivity contribution in [3.8, 4) is 5.75 Å². The van der Waals surface area contributed by atoms with Crippen LogP contribution in [-0.2, 0) is 4.79 Å². The third-order valence-electron chi connectivity index (χ3n) is 4.16. The second-order valence-electron chi connectivity index (χ2n) is 5.91. The number of benzene rings is 2. The van der Waals surface area contributed by atoms with Crippen LogP contribution >= 0.6 is 0 Å². The number of carbonyl (C=O) groups excluding carboxylic acids is 1. The molecule has 0 saturated heterocycles. The lowest BCUT2D eigenvalue weighted by atomic mass is 10.1.